The molecule has 102 valence electrons. The van der Waals surface area contributed by atoms with E-state index in [9.17, 15) is 9.59 Å². The van der Waals surface area contributed by atoms with Crippen LogP contribution in [0.25, 0.3) is 0 Å². The van der Waals surface area contributed by atoms with Crippen molar-refractivity contribution in [1.29, 1.82) is 0 Å². The number of hydrogen-bond acceptors (Lipinski definition) is 4. The normalized spacial score (nSPS) is 22.3. The molecule has 0 spiro atoms. The molecule has 1 aliphatic heterocycles. The van der Waals surface area contributed by atoms with Crippen molar-refractivity contribution in [2.24, 2.45) is 5.73 Å². The van der Waals surface area contributed by atoms with Gasteiger partial charge in [-0.1, -0.05) is 30.3 Å². The third-order valence-corrected chi connectivity index (χ3v) is 3.16. The van der Waals surface area contributed by atoms with E-state index >= 15 is 0 Å². The van der Waals surface area contributed by atoms with Gasteiger partial charge in [0.05, 0.1) is 6.61 Å². The van der Waals surface area contributed by atoms with Crippen molar-refractivity contribution in [3.63, 3.8) is 0 Å². The number of nitrogens with two attached hydrogens (primary N) is 1. The summed E-state index contributed by atoms with van der Waals surface area (Å²) in [5.74, 6) is -0.610. The fourth-order valence-electron chi connectivity index (χ4n) is 1.81. The van der Waals surface area contributed by atoms with Gasteiger partial charge in [0, 0.05) is 0 Å². The van der Waals surface area contributed by atoms with Crippen LogP contribution in [0.15, 0.2) is 30.3 Å². The molecule has 1 saturated heterocycles. The summed E-state index contributed by atoms with van der Waals surface area (Å²) in [6.45, 7) is 1.80. The molecule has 1 aromatic rings. The van der Waals surface area contributed by atoms with Gasteiger partial charge in [0.25, 0.3) is 0 Å². The number of rotatable bonds is 3. The fourth-order valence-corrected chi connectivity index (χ4v) is 1.81. The number of amides is 2. The first kappa shape index (κ1) is 13.4. The Balaban J connectivity index is 1.98. The molecule has 0 aliphatic carbocycles. The number of carbonyl (C=O) groups excluding carboxylic acids is 2. The highest BCUT2D eigenvalue weighted by Gasteiger charge is 2.46. The molecule has 6 heteroatoms. The monoisotopic (exact) mass is 264 g/mol. The molecule has 0 unspecified atom stereocenters. The Hall–Kier alpha value is -2.08. The van der Waals surface area contributed by atoms with Crippen LogP contribution in [0.5, 0.6) is 0 Å². The van der Waals surface area contributed by atoms with Gasteiger partial charge in [0.1, 0.15) is 18.9 Å². The van der Waals surface area contributed by atoms with E-state index in [1.807, 2.05) is 30.3 Å². The van der Waals surface area contributed by atoms with Crippen molar-refractivity contribution >= 4 is 12.0 Å². The maximum absolute atomic E-state index is 12.0. The van der Waals surface area contributed by atoms with Gasteiger partial charge < -0.3 is 15.2 Å². The first-order valence-corrected chi connectivity index (χ1v) is 5.90. The van der Waals surface area contributed by atoms with E-state index in [4.69, 9.17) is 15.2 Å². The minimum absolute atomic E-state index is 0.00701. The van der Waals surface area contributed by atoms with Gasteiger partial charge in [-0.05, 0) is 12.5 Å². The molecule has 1 aromatic carbocycles. The summed E-state index contributed by atoms with van der Waals surface area (Å²) >= 11 is 0. The van der Waals surface area contributed by atoms with E-state index in [-0.39, 0.29) is 19.9 Å². The van der Waals surface area contributed by atoms with Gasteiger partial charge in [0.15, 0.2) is 0 Å². The van der Waals surface area contributed by atoms with E-state index in [0.717, 1.165) is 5.56 Å². The van der Waals surface area contributed by atoms with Gasteiger partial charge in [-0.3, -0.25) is 9.69 Å². The third-order valence-electron chi connectivity index (χ3n) is 3.16. The molecular formula is C13H16N2O4. The second kappa shape index (κ2) is 5.27. The van der Waals surface area contributed by atoms with Crippen molar-refractivity contribution in [1.82, 2.24) is 4.90 Å². The van der Waals surface area contributed by atoms with Crippen molar-refractivity contribution in [2.45, 2.75) is 19.1 Å². The van der Waals surface area contributed by atoms with Gasteiger partial charge >= 0.3 is 6.09 Å². The first-order chi connectivity index (χ1) is 9.04. The highest BCUT2D eigenvalue weighted by molar-refractivity contribution is 5.88. The molecule has 1 atom stereocenters. The van der Waals surface area contributed by atoms with Crippen LogP contribution in [-0.2, 0) is 20.9 Å². The van der Waals surface area contributed by atoms with E-state index < -0.39 is 17.5 Å². The average molecular weight is 264 g/mol. The molecular weight excluding hydrogens is 248 g/mol. The summed E-state index contributed by atoms with van der Waals surface area (Å²) < 4.78 is 10.3. The lowest BCUT2D eigenvalue weighted by molar-refractivity contribution is -0.126. The zero-order valence-electron chi connectivity index (χ0n) is 10.7. The summed E-state index contributed by atoms with van der Waals surface area (Å²) in [6.07, 6.45) is -0.609. The summed E-state index contributed by atoms with van der Waals surface area (Å²) in [6, 6.07) is 9.29. The zero-order chi connectivity index (χ0) is 13.9. The molecule has 1 heterocycles. The van der Waals surface area contributed by atoms with Crippen LogP contribution in [0.2, 0.25) is 0 Å². The van der Waals surface area contributed by atoms with Crippen molar-refractivity contribution < 1.29 is 19.1 Å². The fraction of sp³-hybridized carbons (Fsp3) is 0.385. The number of primary amides is 1. The highest BCUT2D eigenvalue weighted by Crippen LogP contribution is 2.23. The van der Waals surface area contributed by atoms with Gasteiger partial charge in [-0.15, -0.1) is 0 Å². The van der Waals surface area contributed by atoms with Crippen molar-refractivity contribution in [2.75, 3.05) is 13.3 Å². The third kappa shape index (κ3) is 2.68. The van der Waals surface area contributed by atoms with Crippen LogP contribution in [0.4, 0.5) is 4.79 Å². The summed E-state index contributed by atoms with van der Waals surface area (Å²) in [5.41, 5.74) is 5.03. The first-order valence-electron chi connectivity index (χ1n) is 5.90. The van der Waals surface area contributed by atoms with Crippen LogP contribution < -0.4 is 5.73 Å². The summed E-state index contributed by atoms with van der Waals surface area (Å²) in [4.78, 5) is 24.6. The Bertz CT molecular complexity index is 477. The quantitative estimate of drug-likeness (QED) is 0.877. The Kier molecular flexibility index (Phi) is 3.71. The molecule has 0 saturated carbocycles. The lowest BCUT2D eigenvalue weighted by Crippen LogP contribution is -2.55. The van der Waals surface area contributed by atoms with E-state index in [0.29, 0.717) is 0 Å². The molecule has 0 bridgehead atoms. The van der Waals surface area contributed by atoms with Crippen LogP contribution in [0, 0.1) is 0 Å². The number of ether oxygens (including phenoxy) is 2. The zero-order valence-corrected chi connectivity index (χ0v) is 10.7. The lowest BCUT2D eigenvalue weighted by atomic mass is 10.0. The van der Waals surface area contributed by atoms with Crippen LogP contribution in [0.3, 0.4) is 0 Å². The molecule has 0 aromatic heterocycles. The van der Waals surface area contributed by atoms with Crippen molar-refractivity contribution in [3.8, 4) is 0 Å². The Morgan fingerprint density at radius 2 is 2.11 bits per heavy atom. The number of hydrogen-bond donors (Lipinski definition) is 1. The Morgan fingerprint density at radius 3 is 2.74 bits per heavy atom. The molecule has 19 heavy (non-hydrogen) atoms. The minimum Gasteiger partial charge on any atom is -0.444 e. The van der Waals surface area contributed by atoms with E-state index in [1.165, 1.54) is 4.90 Å². The molecule has 2 rings (SSSR count). The van der Waals surface area contributed by atoms with Crippen molar-refractivity contribution in [3.05, 3.63) is 35.9 Å². The van der Waals surface area contributed by atoms with E-state index in [2.05, 4.69) is 0 Å². The highest BCUT2D eigenvalue weighted by atomic mass is 16.6. The Labute approximate surface area is 111 Å². The SMILES string of the molecule is C[C@]1(C(N)=O)COCN1C(=O)OCc1ccccc1. The molecule has 1 fully saturated rings. The van der Waals surface area contributed by atoms with Gasteiger partial charge in [-0.25, -0.2) is 4.79 Å². The van der Waals surface area contributed by atoms with Crippen LogP contribution in [-0.4, -0.2) is 35.8 Å². The van der Waals surface area contributed by atoms with Gasteiger partial charge in [-0.2, -0.15) is 0 Å². The maximum Gasteiger partial charge on any atom is 0.412 e. The Morgan fingerprint density at radius 1 is 1.42 bits per heavy atom. The predicted molar refractivity (Wildman–Crippen MR) is 66.9 cm³/mol. The van der Waals surface area contributed by atoms with Crippen LogP contribution in [0.1, 0.15) is 12.5 Å². The number of nitrogens with zero attached hydrogens (tertiary/aromatic N) is 1. The molecule has 1 aliphatic rings. The molecule has 0 radical (unpaired) electrons. The number of benzene rings is 1. The largest absolute Gasteiger partial charge is 0.444 e. The second-order valence-electron chi connectivity index (χ2n) is 4.58. The summed E-state index contributed by atoms with van der Waals surface area (Å²) in [7, 11) is 0. The van der Waals surface area contributed by atoms with Gasteiger partial charge in [0.2, 0.25) is 5.91 Å². The van der Waals surface area contributed by atoms with Crippen LogP contribution >= 0.6 is 0 Å². The standard InChI is InChI=1S/C13H16N2O4/c1-13(11(14)16)8-18-9-15(13)12(17)19-7-10-5-3-2-4-6-10/h2-6H,7-9H2,1H3,(H2,14,16)/t13-/m1/s1. The summed E-state index contributed by atoms with van der Waals surface area (Å²) in [5, 5.41) is 0. The minimum atomic E-state index is -1.15. The average Bonchev–Trinajstić information content (AvgIpc) is 2.81. The predicted octanol–water partition coefficient (Wildman–Crippen LogP) is 0.857. The topological polar surface area (TPSA) is 81.9 Å². The molecule has 2 amide bonds. The number of carbonyl (C=O) groups is 2. The molecule has 6 nitrogen and oxygen atoms in total. The van der Waals surface area contributed by atoms with E-state index in [1.54, 1.807) is 6.92 Å². The smallest absolute Gasteiger partial charge is 0.412 e. The second-order valence-corrected chi connectivity index (χ2v) is 4.58. The lowest BCUT2D eigenvalue weighted by Gasteiger charge is -2.28. The molecule has 2 N–H and O–H groups in total. The maximum atomic E-state index is 12.0.